The van der Waals surface area contributed by atoms with Gasteiger partial charge in [-0.25, -0.2) is 0 Å². The molecule has 0 N–H and O–H groups in total. The first-order valence-corrected chi connectivity index (χ1v) is 20.3. The van der Waals surface area contributed by atoms with Gasteiger partial charge in [-0.05, 0) is 91.9 Å². The number of carbonyl (C=O) groups is 2. The minimum atomic E-state index is -0.867. The van der Waals surface area contributed by atoms with E-state index in [9.17, 15) is 9.59 Å². The molecule has 0 saturated carbocycles. The number of ketones is 1. The lowest BCUT2D eigenvalue weighted by Crippen LogP contribution is -2.42. The van der Waals surface area contributed by atoms with Crippen molar-refractivity contribution in [1.29, 1.82) is 0 Å². The van der Waals surface area contributed by atoms with Gasteiger partial charge in [-0.2, -0.15) is 0 Å². The summed E-state index contributed by atoms with van der Waals surface area (Å²) < 4.78 is 11.8. The molecule has 0 fully saturated rings. The zero-order chi connectivity index (χ0) is 34.9. The Labute approximate surface area is 293 Å². The van der Waals surface area contributed by atoms with E-state index in [1.807, 2.05) is 27.7 Å². The van der Waals surface area contributed by atoms with Gasteiger partial charge in [-0.3, -0.25) is 9.59 Å². The minimum absolute atomic E-state index is 0.130. The molecule has 0 aromatic rings. The van der Waals surface area contributed by atoms with Crippen LogP contribution in [0, 0.1) is 0 Å². The third-order valence-electron chi connectivity index (χ3n) is 9.15. The van der Waals surface area contributed by atoms with Crippen molar-refractivity contribution < 1.29 is 19.1 Å². The molecule has 0 aliphatic heterocycles. The van der Waals surface area contributed by atoms with Gasteiger partial charge in [0.15, 0.2) is 5.78 Å². The van der Waals surface area contributed by atoms with Gasteiger partial charge in [0, 0.05) is 12.8 Å². The van der Waals surface area contributed by atoms with E-state index in [1.54, 1.807) is 0 Å². The molecule has 0 aromatic carbocycles. The Bertz CT molecular complexity index is 779. The molecule has 0 rings (SSSR count). The van der Waals surface area contributed by atoms with Gasteiger partial charge in [0.2, 0.25) is 0 Å². The van der Waals surface area contributed by atoms with Crippen LogP contribution in [0.15, 0.2) is 24.3 Å². The van der Waals surface area contributed by atoms with Crippen molar-refractivity contribution in [2.75, 3.05) is 6.61 Å². The fourth-order valence-corrected chi connectivity index (χ4v) is 5.82. The number of ether oxygens (including phenoxy) is 2. The van der Waals surface area contributed by atoms with E-state index < -0.39 is 11.2 Å². The van der Waals surface area contributed by atoms with Crippen molar-refractivity contribution in [3.63, 3.8) is 0 Å². The van der Waals surface area contributed by atoms with Crippen LogP contribution >= 0.6 is 0 Å². The zero-order valence-corrected chi connectivity index (χ0v) is 32.4. The number of hydrogen-bond acceptors (Lipinski definition) is 4. The fourth-order valence-electron chi connectivity index (χ4n) is 5.82. The number of hydrogen-bond donors (Lipinski definition) is 0. The van der Waals surface area contributed by atoms with E-state index in [4.69, 9.17) is 9.47 Å². The first kappa shape index (κ1) is 45.6. The Balaban J connectivity index is 3.83. The molecule has 0 saturated heterocycles. The molecule has 47 heavy (non-hydrogen) atoms. The van der Waals surface area contributed by atoms with Gasteiger partial charge in [-0.1, -0.05) is 141 Å². The van der Waals surface area contributed by atoms with Crippen LogP contribution in [0.3, 0.4) is 0 Å². The van der Waals surface area contributed by atoms with Crippen LogP contribution < -0.4 is 0 Å². The standard InChI is InChI=1S/C43H80O4/c1-7-9-11-13-15-17-19-21-23-25-27-29-31-33-35-37-40(44)43(5,6)46-39-42(3,4)47-41(45)38-36-34-32-30-28-26-24-22-20-18-16-14-12-10-8-2/h21-24H,7-20,25-39H2,1-6H3/b23-21-,24-22-. The molecule has 0 amide bonds. The first-order valence-electron chi connectivity index (χ1n) is 20.3. The monoisotopic (exact) mass is 661 g/mol. The number of allylic oxidation sites excluding steroid dienone is 4. The highest BCUT2D eigenvalue weighted by Gasteiger charge is 2.32. The third-order valence-corrected chi connectivity index (χ3v) is 9.15. The molecule has 4 heteroatoms. The molecule has 0 atom stereocenters. The van der Waals surface area contributed by atoms with Crippen molar-refractivity contribution in [1.82, 2.24) is 0 Å². The van der Waals surface area contributed by atoms with Gasteiger partial charge in [0.25, 0.3) is 0 Å². The van der Waals surface area contributed by atoms with Crippen molar-refractivity contribution in [3.8, 4) is 0 Å². The molecular weight excluding hydrogens is 580 g/mol. The van der Waals surface area contributed by atoms with Crippen molar-refractivity contribution in [2.45, 2.75) is 233 Å². The minimum Gasteiger partial charge on any atom is -0.457 e. The second-order valence-electron chi connectivity index (χ2n) is 15.1. The summed E-state index contributed by atoms with van der Waals surface area (Å²) in [6.07, 6.45) is 42.7. The first-order chi connectivity index (χ1) is 22.6. The van der Waals surface area contributed by atoms with Gasteiger partial charge in [0.05, 0.1) is 6.61 Å². The van der Waals surface area contributed by atoms with Crippen LogP contribution in [0.2, 0.25) is 0 Å². The van der Waals surface area contributed by atoms with Crippen LogP contribution in [0.5, 0.6) is 0 Å². The van der Waals surface area contributed by atoms with Crippen molar-refractivity contribution in [2.24, 2.45) is 0 Å². The molecule has 0 unspecified atom stereocenters. The topological polar surface area (TPSA) is 52.6 Å². The highest BCUT2D eigenvalue weighted by atomic mass is 16.6. The van der Waals surface area contributed by atoms with Gasteiger partial charge in [-0.15, -0.1) is 0 Å². The summed E-state index contributed by atoms with van der Waals surface area (Å²) in [4.78, 5) is 25.3. The predicted molar refractivity (Wildman–Crippen MR) is 204 cm³/mol. The quantitative estimate of drug-likeness (QED) is 0.0386. The normalized spacial score (nSPS) is 12.5. The van der Waals surface area contributed by atoms with E-state index in [0.717, 1.165) is 32.1 Å². The SMILES string of the molecule is CCCCCCCC/C=C\CCCCCCCC(=O)OC(C)(C)COC(C)(C)C(=O)CCCCCCC/C=C\CCCCCCCC. The van der Waals surface area contributed by atoms with Crippen LogP contribution in [-0.2, 0) is 19.1 Å². The van der Waals surface area contributed by atoms with Crippen LogP contribution in [0.25, 0.3) is 0 Å². The highest BCUT2D eigenvalue weighted by Crippen LogP contribution is 2.21. The summed E-state index contributed by atoms with van der Waals surface area (Å²) in [5.41, 5.74) is -1.62. The molecule has 0 heterocycles. The molecule has 0 aliphatic rings. The molecule has 4 nitrogen and oxygen atoms in total. The Morgan fingerprint density at radius 3 is 1.21 bits per heavy atom. The third kappa shape index (κ3) is 31.6. The van der Waals surface area contributed by atoms with Crippen LogP contribution in [0.1, 0.15) is 221 Å². The average molecular weight is 661 g/mol. The lowest BCUT2D eigenvalue weighted by molar-refractivity contribution is -0.171. The summed E-state index contributed by atoms with van der Waals surface area (Å²) >= 11 is 0. The Kier molecular flexibility index (Phi) is 30.9. The van der Waals surface area contributed by atoms with Gasteiger partial charge < -0.3 is 9.47 Å². The summed E-state index contributed by atoms with van der Waals surface area (Å²) in [6.45, 7) is 12.2. The number of unbranched alkanes of at least 4 members (excludes halogenated alkanes) is 22. The number of Topliss-reactive ketones (excluding diaryl/α,β-unsaturated/α-hetero) is 1. The second-order valence-corrected chi connectivity index (χ2v) is 15.1. The molecular formula is C43H80O4. The maximum Gasteiger partial charge on any atom is 0.306 e. The summed E-state index contributed by atoms with van der Waals surface area (Å²) in [5, 5.41) is 0. The van der Waals surface area contributed by atoms with Crippen LogP contribution in [0.4, 0.5) is 0 Å². The lowest BCUT2D eigenvalue weighted by atomic mass is 9.97. The van der Waals surface area contributed by atoms with E-state index in [2.05, 4.69) is 38.2 Å². The molecule has 0 aromatic heterocycles. The molecule has 0 radical (unpaired) electrons. The molecule has 0 aliphatic carbocycles. The van der Waals surface area contributed by atoms with E-state index in [-0.39, 0.29) is 18.4 Å². The number of esters is 1. The van der Waals surface area contributed by atoms with E-state index >= 15 is 0 Å². The Morgan fingerprint density at radius 1 is 0.468 bits per heavy atom. The summed E-state index contributed by atoms with van der Waals surface area (Å²) in [6, 6.07) is 0. The van der Waals surface area contributed by atoms with Gasteiger partial charge in [0.1, 0.15) is 11.2 Å². The number of rotatable bonds is 35. The average Bonchev–Trinajstić information content (AvgIpc) is 3.03. The Hall–Kier alpha value is -1.42. The second kappa shape index (κ2) is 31.8. The van der Waals surface area contributed by atoms with Crippen molar-refractivity contribution in [3.05, 3.63) is 24.3 Å². The van der Waals surface area contributed by atoms with E-state index in [0.29, 0.717) is 12.8 Å². The lowest BCUT2D eigenvalue weighted by Gasteiger charge is -2.31. The molecule has 0 spiro atoms. The van der Waals surface area contributed by atoms with Gasteiger partial charge >= 0.3 is 5.97 Å². The van der Waals surface area contributed by atoms with Crippen LogP contribution in [-0.4, -0.2) is 29.6 Å². The number of carbonyl (C=O) groups excluding carboxylic acids is 2. The summed E-state index contributed by atoms with van der Waals surface area (Å²) in [7, 11) is 0. The smallest absolute Gasteiger partial charge is 0.306 e. The highest BCUT2D eigenvalue weighted by molar-refractivity contribution is 5.86. The summed E-state index contributed by atoms with van der Waals surface area (Å²) in [5.74, 6) is -0.0424. The fraction of sp³-hybridized carbons (Fsp3) is 0.860. The maximum atomic E-state index is 12.9. The van der Waals surface area contributed by atoms with Crippen molar-refractivity contribution >= 4 is 11.8 Å². The Morgan fingerprint density at radius 2 is 0.809 bits per heavy atom. The zero-order valence-electron chi connectivity index (χ0n) is 32.4. The molecule has 276 valence electrons. The maximum absolute atomic E-state index is 12.9. The predicted octanol–water partition coefficient (Wildman–Crippen LogP) is 13.7. The largest absolute Gasteiger partial charge is 0.457 e. The molecule has 0 bridgehead atoms. The van der Waals surface area contributed by atoms with E-state index in [1.165, 1.54) is 135 Å².